The summed E-state index contributed by atoms with van der Waals surface area (Å²) in [6, 6.07) is 8.08. The molecule has 214 valence electrons. The Hall–Kier alpha value is -4.54. The zero-order valence-electron chi connectivity index (χ0n) is 23.7. The summed E-state index contributed by atoms with van der Waals surface area (Å²) in [6.45, 7) is 14.5. The first-order valence-electron chi connectivity index (χ1n) is 13.6. The summed E-state index contributed by atoms with van der Waals surface area (Å²) in [7, 11) is 0. The van der Waals surface area contributed by atoms with Crippen molar-refractivity contribution in [3.8, 4) is 22.5 Å². The number of rotatable bonds is 8. The molecular formula is C30H34F2N8O. The number of benzene rings is 1. The van der Waals surface area contributed by atoms with E-state index in [0.717, 1.165) is 16.8 Å². The first-order chi connectivity index (χ1) is 19.6. The fourth-order valence-corrected chi connectivity index (χ4v) is 4.72. The summed E-state index contributed by atoms with van der Waals surface area (Å²) in [5, 5.41) is 7.63. The maximum Gasteiger partial charge on any atom is 0.227 e. The Morgan fingerprint density at radius 3 is 2.44 bits per heavy atom. The van der Waals surface area contributed by atoms with Crippen molar-refractivity contribution in [2.75, 3.05) is 36.4 Å². The van der Waals surface area contributed by atoms with Crippen molar-refractivity contribution in [1.29, 1.82) is 0 Å². The van der Waals surface area contributed by atoms with Gasteiger partial charge >= 0.3 is 0 Å². The molecule has 0 radical (unpaired) electrons. The quantitative estimate of drug-likeness (QED) is 0.269. The molecule has 0 aliphatic carbocycles. The standard InChI is InChI=1S/C30H34F2N8O/c1-6-40-19-23(27(37-40)21-8-7-10-33-18-21)26-9-11-34-29(36-26)35-22-16-24(31)28(25(32)17-22)39-14-12-38(13-15-39)20(2)41-30(3,4)5/h7-11,16-19H,2,6,12-15H2,1,3-5H3,(H,34,35,36). The molecule has 9 nitrogen and oxygen atoms in total. The second-order valence-corrected chi connectivity index (χ2v) is 10.8. The molecule has 3 aromatic heterocycles. The Bertz CT molecular complexity index is 1500. The second kappa shape index (κ2) is 11.5. The molecule has 0 amide bonds. The van der Waals surface area contributed by atoms with Crippen LogP contribution < -0.4 is 10.2 Å². The maximum atomic E-state index is 15.3. The Morgan fingerprint density at radius 2 is 1.80 bits per heavy atom. The highest BCUT2D eigenvalue weighted by atomic mass is 19.1. The number of hydrogen-bond acceptors (Lipinski definition) is 8. The van der Waals surface area contributed by atoms with Gasteiger partial charge in [0, 0.05) is 74.3 Å². The van der Waals surface area contributed by atoms with E-state index in [1.54, 1.807) is 29.6 Å². The van der Waals surface area contributed by atoms with Gasteiger partial charge in [-0.15, -0.1) is 0 Å². The number of nitrogens with zero attached hydrogens (tertiary/aromatic N) is 7. The molecule has 1 fully saturated rings. The van der Waals surface area contributed by atoms with Crippen LogP contribution in [0.2, 0.25) is 0 Å². The van der Waals surface area contributed by atoms with Crippen molar-refractivity contribution < 1.29 is 13.5 Å². The Labute approximate surface area is 238 Å². The van der Waals surface area contributed by atoms with Crippen molar-refractivity contribution in [2.24, 2.45) is 0 Å². The number of aryl methyl sites for hydroxylation is 1. The van der Waals surface area contributed by atoms with Crippen LogP contribution in [0.1, 0.15) is 27.7 Å². The van der Waals surface area contributed by atoms with Gasteiger partial charge in [-0.25, -0.2) is 18.7 Å². The predicted molar refractivity (Wildman–Crippen MR) is 156 cm³/mol. The van der Waals surface area contributed by atoms with Gasteiger partial charge in [0.25, 0.3) is 0 Å². The lowest BCUT2D eigenvalue weighted by atomic mass is 10.1. The van der Waals surface area contributed by atoms with Crippen LogP contribution in [-0.4, -0.2) is 61.4 Å². The third-order valence-electron chi connectivity index (χ3n) is 6.60. The van der Waals surface area contributed by atoms with Crippen LogP contribution in [0.4, 0.5) is 26.1 Å². The lowest BCUT2D eigenvalue weighted by molar-refractivity contribution is 0.00163. The summed E-state index contributed by atoms with van der Waals surface area (Å²) in [6.07, 6.45) is 6.96. The van der Waals surface area contributed by atoms with Gasteiger partial charge in [-0.1, -0.05) is 0 Å². The first kappa shape index (κ1) is 28.0. The van der Waals surface area contributed by atoms with Crippen LogP contribution in [0.5, 0.6) is 0 Å². The number of ether oxygens (including phenoxy) is 1. The molecule has 0 atom stereocenters. The second-order valence-electron chi connectivity index (χ2n) is 10.8. The van der Waals surface area contributed by atoms with Crippen molar-refractivity contribution in [3.63, 3.8) is 0 Å². The minimum Gasteiger partial charge on any atom is -0.474 e. The topological polar surface area (TPSA) is 84.2 Å². The zero-order chi connectivity index (χ0) is 29.1. The maximum absolute atomic E-state index is 15.3. The van der Waals surface area contributed by atoms with Gasteiger partial charge in [0.05, 0.1) is 5.69 Å². The fraction of sp³-hybridized carbons (Fsp3) is 0.333. The smallest absolute Gasteiger partial charge is 0.227 e. The Morgan fingerprint density at radius 1 is 1.07 bits per heavy atom. The van der Waals surface area contributed by atoms with E-state index in [9.17, 15) is 0 Å². The molecule has 0 bridgehead atoms. The number of pyridine rings is 1. The number of piperazine rings is 1. The van der Waals surface area contributed by atoms with Gasteiger partial charge < -0.3 is 19.9 Å². The molecule has 1 N–H and O–H groups in total. The van der Waals surface area contributed by atoms with Gasteiger partial charge in [0.2, 0.25) is 5.95 Å². The lowest BCUT2D eigenvalue weighted by Gasteiger charge is -2.39. The molecular weight excluding hydrogens is 526 g/mol. The van der Waals surface area contributed by atoms with Gasteiger partial charge in [-0.2, -0.15) is 5.10 Å². The van der Waals surface area contributed by atoms with Crippen LogP contribution in [0.25, 0.3) is 22.5 Å². The minimum absolute atomic E-state index is 0.0553. The average molecular weight is 561 g/mol. The third-order valence-corrected chi connectivity index (χ3v) is 6.60. The molecule has 5 rings (SSSR count). The number of halogens is 2. The lowest BCUT2D eigenvalue weighted by Crippen LogP contribution is -2.47. The van der Waals surface area contributed by atoms with E-state index >= 15 is 8.78 Å². The van der Waals surface area contributed by atoms with E-state index in [2.05, 4.69) is 31.9 Å². The molecule has 1 aromatic carbocycles. The highest BCUT2D eigenvalue weighted by Gasteiger charge is 2.26. The zero-order valence-corrected chi connectivity index (χ0v) is 23.7. The van der Waals surface area contributed by atoms with Crippen molar-refractivity contribution in [2.45, 2.75) is 39.8 Å². The van der Waals surface area contributed by atoms with E-state index in [0.29, 0.717) is 44.3 Å². The van der Waals surface area contributed by atoms with E-state index in [4.69, 9.17) is 4.74 Å². The molecule has 4 aromatic rings. The largest absolute Gasteiger partial charge is 0.474 e. The van der Waals surface area contributed by atoms with Crippen LogP contribution in [0, 0.1) is 11.6 Å². The molecule has 1 saturated heterocycles. The molecule has 0 unspecified atom stereocenters. The van der Waals surface area contributed by atoms with E-state index < -0.39 is 11.6 Å². The van der Waals surface area contributed by atoms with Crippen LogP contribution in [-0.2, 0) is 11.3 Å². The third kappa shape index (κ3) is 6.45. The van der Waals surface area contributed by atoms with Crippen molar-refractivity contribution >= 4 is 17.3 Å². The summed E-state index contributed by atoms with van der Waals surface area (Å²) in [5.41, 5.74) is 2.80. The highest BCUT2D eigenvalue weighted by molar-refractivity contribution is 5.78. The van der Waals surface area contributed by atoms with E-state index in [-0.39, 0.29) is 22.9 Å². The van der Waals surface area contributed by atoms with E-state index in [1.807, 2.05) is 55.6 Å². The van der Waals surface area contributed by atoms with Gasteiger partial charge in [0.15, 0.2) is 17.5 Å². The monoisotopic (exact) mass is 560 g/mol. The minimum atomic E-state index is -0.662. The highest BCUT2D eigenvalue weighted by Crippen LogP contribution is 2.32. The Balaban J connectivity index is 1.32. The predicted octanol–water partition coefficient (Wildman–Crippen LogP) is 5.85. The molecule has 4 heterocycles. The van der Waals surface area contributed by atoms with Gasteiger partial charge in [0.1, 0.15) is 17.0 Å². The summed E-state index contributed by atoms with van der Waals surface area (Å²) >= 11 is 0. The number of anilines is 3. The number of hydrogen-bond donors (Lipinski definition) is 1. The molecule has 0 saturated carbocycles. The fourth-order valence-electron chi connectivity index (χ4n) is 4.72. The number of nitrogens with one attached hydrogen (secondary N) is 1. The molecule has 0 spiro atoms. The Kier molecular flexibility index (Phi) is 7.87. The molecule has 11 heteroatoms. The van der Waals surface area contributed by atoms with E-state index in [1.165, 1.54) is 12.1 Å². The van der Waals surface area contributed by atoms with Crippen LogP contribution >= 0.6 is 0 Å². The molecule has 41 heavy (non-hydrogen) atoms. The first-order valence-corrected chi connectivity index (χ1v) is 13.6. The van der Waals surface area contributed by atoms with Crippen molar-refractivity contribution in [1.82, 2.24) is 29.6 Å². The molecule has 1 aliphatic rings. The van der Waals surface area contributed by atoms with Crippen LogP contribution in [0.15, 0.2) is 67.6 Å². The number of aromatic nitrogens is 5. The SMILES string of the molecule is C=C(OC(C)(C)C)N1CCN(c2c(F)cc(Nc3nccc(-c4cn(CC)nc4-c4cccnc4)n3)cc2F)CC1. The normalized spacial score (nSPS) is 13.8. The summed E-state index contributed by atoms with van der Waals surface area (Å²) < 4.78 is 38.2. The average Bonchev–Trinajstić information content (AvgIpc) is 3.38. The van der Waals surface area contributed by atoms with Gasteiger partial charge in [-0.3, -0.25) is 9.67 Å². The van der Waals surface area contributed by atoms with Crippen LogP contribution in [0.3, 0.4) is 0 Å². The summed E-state index contributed by atoms with van der Waals surface area (Å²) in [5.74, 6) is -0.550. The summed E-state index contributed by atoms with van der Waals surface area (Å²) in [4.78, 5) is 16.8. The molecule has 1 aliphatic heterocycles. The van der Waals surface area contributed by atoms with Crippen molar-refractivity contribution in [3.05, 3.63) is 79.2 Å². The van der Waals surface area contributed by atoms with Gasteiger partial charge in [-0.05, 0) is 64.6 Å².